The summed E-state index contributed by atoms with van der Waals surface area (Å²) in [4.78, 5) is 0. The molecule has 0 aliphatic rings. The van der Waals surface area contributed by atoms with Crippen LogP contribution < -0.4 is 18.1 Å². The third kappa shape index (κ3) is 24.9. The Hall–Kier alpha value is -0.0200. The molecule has 0 aromatic carbocycles. The van der Waals surface area contributed by atoms with E-state index in [1.807, 2.05) is 12.2 Å². The SMILES string of the molecule is C=CC[N+](C)(C)CC=C.CCCN.Cl.[Cl-]. The predicted octanol–water partition coefficient (Wildman–Crippen LogP) is -0.784. The van der Waals surface area contributed by atoms with E-state index >= 15 is 0 Å². The Morgan fingerprint density at radius 2 is 1.40 bits per heavy atom. The standard InChI is InChI=1S/C8H16N.C3H9N.2ClH/c1-5-7-9(3,4)8-6-2;1-2-3-4;;/h5-6H,1-2,7-8H2,3-4H3;2-4H2,1H3;2*1H/q+1;;;/p-1. The van der Waals surface area contributed by atoms with Crippen molar-refractivity contribution in [1.29, 1.82) is 0 Å². The van der Waals surface area contributed by atoms with Crippen LogP contribution in [-0.2, 0) is 0 Å². The number of hydrogen-bond donors (Lipinski definition) is 1. The quantitative estimate of drug-likeness (QED) is 0.507. The molecule has 0 amide bonds. The van der Waals surface area contributed by atoms with Gasteiger partial charge in [-0.2, -0.15) is 0 Å². The summed E-state index contributed by atoms with van der Waals surface area (Å²) in [5.41, 5.74) is 5.03. The van der Waals surface area contributed by atoms with Crippen molar-refractivity contribution in [3.05, 3.63) is 25.3 Å². The topological polar surface area (TPSA) is 26.0 Å². The summed E-state index contributed by atoms with van der Waals surface area (Å²) in [6.45, 7) is 12.2. The number of nitrogens with two attached hydrogens (primary N) is 1. The van der Waals surface area contributed by atoms with E-state index in [1.54, 1.807) is 0 Å². The van der Waals surface area contributed by atoms with Gasteiger partial charge in [-0.3, -0.25) is 0 Å². The summed E-state index contributed by atoms with van der Waals surface area (Å²) in [7, 11) is 4.31. The highest BCUT2D eigenvalue weighted by Crippen LogP contribution is 1.95. The minimum Gasteiger partial charge on any atom is -1.00 e. The molecule has 0 fully saturated rings. The number of nitrogens with zero attached hydrogens (tertiary/aromatic N) is 1. The Balaban J connectivity index is -0.0000000883. The van der Waals surface area contributed by atoms with Crippen LogP contribution in [0.1, 0.15) is 13.3 Å². The highest BCUT2D eigenvalue weighted by molar-refractivity contribution is 5.85. The first-order valence-corrected chi connectivity index (χ1v) is 4.78. The molecule has 0 aliphatic carbocycles. The third-order valence-electron chi connectivity index (χ3n) is 1.54. The van der Waals surface area contributed by atoms with Crippen LogP contribution >= 0.6 is 12.4 Å². The Kier molecular flexibility index (Phi) is 26.6. The molecule has 0 bridgehead atoms. The monoisotopic (exact) mass is 256 g/mol. The van der Waals surface area contributed by atoms with Gasteiger partial charge in [0.1, 0.15) is 0 Å². The molecule has 94 valence electrons. The molecule has 0 rings (SSSR count). The second-order valence-corrected chi connectivity index (χ2v) is 3.67. The van der Waals surface area contributed by atoms with E-state index in [1.165, 1.54) is 0 Å². The Morgan fingerprint density at radius 1 is 1.13 bits per heavy atom. The van der Waals surface area contributed by atoms with Crippen LogP contribution in [0.3, 0.4) is 0 Å². The van der Waals surface area contributed by atoms with E-state index in [0.717, 1.165) is 30.5 Å². The summed E-state index contributed by atoms with van der Waals surface area (Å²) in [5, 5.41) is 0. The molecule has 0 aromatic heterocycles. The predicted molar refractivity (Wildman–Crippen MR) is 68.8 cm³/mol. The highest BCUT2D eigenvalue weighted by atomic mass is 35.5. The Morgan fingerprint density at radius 3 is 1.53 bits per heavy atom. The molecule has 2 nitrogen and oxygen atoms in total. The lowest BCUT2D eigenvalue weighted by Gasteiger charge is -2.26. The van der Waals surface area contributed by atoms with Gasteiger partial charge >= 0.3 is 0 Å². The summed E-state index contributed by atoms with van der Waals surface area (Å²) in [6.07, 6.45) is 4.97. The van der Waals surface area contributed by atoms with Crippen molar-refractivity contribution in [3.63, 3.8) is 0 Å². The molecule has 0 saturated carbocycles. The van der Waals surface area contributed by atoms with Crippen molar-refractivity contribution in [2.24, 2.45) is 5.73 Å². The van der Waals surface area contributed by atoms with Crippen LogP contribution in [0, 0.1) is 0 Å². The number of hydrogen-bond acceptors (Lipinski definition) is 1. The van der Waals surface area contributed by atoms with Crippen molar-refractivity contribution in [2.75, 3.05) is 33.7 Å². The van der Waals surface area contributed by atoms with Crippen LogP contribution in [-0.4, -0.2) is 38.2 Å². The number of rotatable bonds is 5. The molecule has 0 aromatic rings. The maximum absolute atomic E-state index is 5.03. The van der Waals surface area contributed by atoms with E-state index in [2.05, 4.69) is 34.2 Å². The van der Waals surface area contributed by atoms with Gasteiger partial charge in [0.15, 0.2) is 0 Å². The minimum atomic E-state index is 0. The summed E-state index contributed by atoms with van der Waals surface area (Å²) in [5.74, 6) is 0. The maximum Gasteiger partial charge on any atom is 0.0969 e. The number of halogens is 2. The molecule has 0 unspecified atom stereocenters. The van der Waals surface area contributed by atoms with Crippen LogP contribution in [0.15, 0.2) is 25.3 Å². The van der Waals surface area contributed by atoms with Gasteiger partial charge in [-0.25, -0.2) is 0 Å². The second-order valence-electron chi connectivity index (χ2n) is 3.67. The molecule has 0 saturated heterocycles. The Labute approximate surface area is 108 Å². The lowest BCUT2D eigenvalue weighted by Crippen LogP contribution is -3.00. The molecule has 0 radical (unpaired) electrons. The van der Waals surface area contributed by atoms with E-state index in [9.17, 15) is 0 Å². The molecule has 2 N–H and O–H groups in total. The lowest BCUT2D eigenvalue weighted by atomic mass is 10.4. The zero-order valence-electron chi connectivity index (χ0n) is 10.2. The van der Waals surface area contributed by atoms with Crippen LogP contribution in [0.4, 0.5) is 0 Å². The largest absolute Gasteiger partial charge is 1.00 e. The Bertz CT molecular complexity index is 123. The van der Waals surface area contributed by atoms with Gasteiger partial charge in [-0.05, 0) is 25.1 Å². The first kappa shape index (κ1) is 24.3. The van der Waals surface area contributed by atoms with E-state index in [4.69, 9.17) is 5.73 Å². The first-order chi connectivity index (χ1) is 6.04. The molecule has 0 spiro atoms. The fraction of sp³-hybridized carbons (Fsp3) is 0.636. The van der Waals surface area contributed by atoms with Crippen molar-refractivity contribution in [3.8, 4) is 0 Å². The van der Waals surface area contributed by atoms with Crippen molar-refractivity contribution >= 4 is 12.4 Å². The zero-order chi connectivity index (χ0) is 10.7. The molecular weight excluding hydrogens is 231 g/mol. The molecule has 15 heavy (non-hydrogen) atoms. The van der Waals surface area contributed by atoms with Gasteiger partial charge in [0.25, 0.3) is 0 Å². The smallest absolute Gasteiger partial charge is 0.0969 e. The lowest BCUT2D eigenvalue weighted by molar-refractivity contribution is -0.878. The molecule has 0 atom stereocenters. The minimum absolute atomic E-state index is 0. The zero-order valence-corrected chi connectivity index (χ0v) is 11.8. The fourth-order valence-electron chi connectivity index (χ4n) is 0.774. The maximum atomic E-state index is 5.03. The van der Waals surface area contributed by atoms with Gasteiger partial charge < -0.3 is 22.6 Å². The molecule has 0 aliphatic heterocycles. The van der Waals surface area contributed by atoms with Crippen molar-refractivity contribution < 1.29 is 16.9 Å². The van der Waals surface area contributed by atoms with Gasteiger partial charge in [0.05, 0.1) is 27.2 Å². The van der Waals surface area contributed by atoms with Crippen molar-refractivity contribution in [1.82, 2.24) is 0 Å². The van der Waals surface area contributed by atoms with Gasteiger partial charge in [-0.15, -0.1) is 12.4 Å². The summed E-state index contributed by atoms with van der Waals surface area (Å²) < 4.78 is 0.951. The van der Waals surface area contributed by atoms with E-state index < -0.39 is 0 Å². The third-order valence-corrected chi connectivity index (χ3v) is 1.54. The molecule has 4 heteroatoms. The highest BCUT2D eigenvalue weighted by Gasteiger charge is 2.07. The van der Waals surface area contributed by atoms with Gasteiger partial charge in [0.2, 0.25) is 0 Å². The van der Waals surface area contributed by atoms with Crippen molar-refractivity contribution in [2.45, 2.75) is 13.3 Å². The average Bonchev–Trinajstić information content (AvgIpc) is 2.04. The molecular formula is C11H26Cl2N2. The van der Waals surface area contributed by atoms with Gasteiger partial charge in [-0.1, -0.05) is 20.1 Å². The first-order valence-electron chi connectivity index (χ1n) is 4.78. The van der Waals surface area contributed by atoms with E-state index in [0.29, 0.717) is 0 Å². The summed E-state index contributed by atoms with van der Waals surface area (Å²) in [6, 6.07) is 0. The fourth-order valence-corrected chi connectivity index (χ4v) is 0.774. The number of quaternary nitrogens is 1. The molecule has 0 heterocycles. The van der Waals surface area contributed by atoms with E-state index in [-0.39, 0.29) is 24.8 Å². The number of likely N-dealkylation sites (N-methyl/N-ethyl adjacent to an activating group) is 1. The second kappa shape index (κ2) is 16.4. The normalized spacial score (nSPS) is 8.53. The van der Waals surface area contributed by atoms with Crippen LogP contribution in [0.5, 0.6) is 0 Å². The average molecular weight is 257 g/mol. The van der Waals surface area contributed by atoms with Crippen LogP contribution in [0.2, 0.25) is 0 Å². The van der Waals surface area contributed by atoms with Gasteiger partial charge in [0, 0.05) is 0 Å². The summed E-state index contributed by atoms with van der Waals surface area (Å²) >= 11 is 0. The van der Waals surface area contributed by atoms with Crippen LogP contribution in [0.25, 0.3) is 0 Å².